The molecule has 0 heterocycles. The van der Waals surface area contributed by atoms with Gasteiger partial charge in [-0.15, -0.1) is 11.6 Å². The summed E-state index contributed by atoms with van der Waals surface area (Å²) in [6.07, 6.45) is -0.988. The molecule has 0 fully saturated rings. The Labute approximate surface area is 160 Å². The van der Waals surface area contributed by atoms with E-state index >= 15 is 0 Å². The van der Waals surface area contributed by atoms with E-state index in [9.17, 15) is 13.5 Å². The maximum atomic E-state index is 13.3. The van der Waals surface area contributed by atoms with Gasteiger partial charge >= 0.3 is 0 Å². The molecular weight excluding hydrogens is 374 g/mol. The number of aliphatic hydroxyl groups is 1. The van der Waals surface area contributed by atoms with E-state index in [4.69, 9.17) is 16.3 Å². The first-order chi connectivity index (χ1) is 12.4. The lowest BCUT2D eigenvalue weighted by Crippen LogP contribution is -2.47. The van der Waals surface area contributed by atoms with Gasteiger partial charge < -0.3 is 9.84 Å². The molecule has 0 radical (unpaired) electrons. The van der Waals surface area contributed by atoms with Crippen LogP contribution in [0.25, 0.3) is 0 Å². The Bertz CT molecular complexity index is 781. The molecule has 0 spiro atoms. The van der Waals surface area contributed by atoms with Crippen molar-refractivity contribution >= 4 is 21.6 Å². The zero-order valence-electron chi connectivity index (χ0n) is 14.9. The number of nitrogens with zero attached hydrogens (tertiary/aromatic N) is 1. The van der Waals surface area contributed by atoms with E-state index in [0.29, 0.717) is 0 Å². The number of ether oxygens (including phenoxy) is 1. The summed E-state index contributed by atoms with van der Waals surface area (Å²) in [6, 6.07) is 15.8. The summed E-state index contributed by atoms with van der Waals surface area (Å²) in [6.45, 7) is 3.60. The van der Waals surface area contributed by atoms with Crippen LogP contribution in [0.15, 0.2) is 59.5 Å². The van der Waals surface area contributed by atoms with Gasteiger partial charge in [-0.05, 0) is 31.5 Å². The fourth-order valence-corrected chi connectivity index (χ4v) is 4.38. The number of rotatable bonds is 9. The summed E-state index contributed by atoms with van der Waals surface area (Å²) >= 11 is 6.21. The summed E-state index contributed by atoms with van der Waals surface area (Å²) < 4.78 is 33.4. The van der Waals surface area contributed by atoms with Crippen LogP contribution >= 0.6 is 11.6 Å². The van der Waals surface area contributed by atoms with E-state index in [0.717, 1.165) is 11.1 Å². The van der Waals surface area contributed by atoms with Gasteiger partial charge in [0.05, 0.1) is 16.9 Å². The molecule has 0 bridgehead atoms. The molecule has 2 aromatic rings. The Morgan fingerprint density at radius 3 is 2.27 bits per heavy atom. The summed E-state index contributed by atoms with van der Waals surface area (Å²) in [5.74, 6) is 0. The molecule has 0 aromatic heterocycles. The molecule has 2 aromatic carbocycles. The van der Waals surface area contributed by atoms with Crippen molar-refractivity contribution in [3.05, 3.63) is 65.7 Å². The topological polar surface area (TPSA) is 66.8 Å². The molecule has 0 unspecified atom stereocenters. The molecule has 1 N–H and O–H groups in total. The molecule has 5 nitrogen and oxygen atoms in total. The highest BCUT2D eigenvalue weighted by molar-refractivity contribution is 7.89. The minimum Gasteiger partial charge on any atom is -0.395 e. The average molecular weight is 398 g/mol. The number of aliphatic hydroxyl groups excluding tert-OH is 1. The Morgan fingerprint density at radius 1 is 1.12 bits per heavy atom. The zero-order valence-corrected chi connectivity index (χ0v) is 16.4. The first-order valence-corrected chi connectivity index (χ1v) is 10.3. The van der Waals surface area contributed by atoms with Crippen molar-refractivity contribution in [1.29, 1.82) is 0 Å². The fraction of sp³-hybridized carbons (Fsp3) is 0.368. The van der Waals surface area contributed by atoms with E-state index in [1.54, 1.807) is 31.2 Å². The van der Waals surface area contributed by atoms with Crippen LogP contribution in [0.4, 0.5) is 0 Å². The molecule has 0 amide bonds. The Kier molecular flexibility index (Phi) is 7.61. The van der Waals surface area contributed by atoms with Crippen LogP contribution in [-0.2, 0) is 21.3 Å². The maximum Gasteiger partial charge on any atom is 0.245 e. The van der Waals surface area contributed by atoms with Crippen molar-refractivity contribution in [2.45, 2.75) is 36.9 Å². The van der Waals surface area contributed by atoms with E-state index in [-0.39, 0.29) is 18.0 Å². The monoisotopic (exact) mass is 397 g/mol. The van der Waals surface area contributed by atoms with Crippen LogP contribution in [-0.4, -0.2) is 42.6 Å². The van der Waals surface area contributed by atoms with Crippen molar-refractivity contribution < 1.29 is 18.3 Å². The molecule has 2 atom stereocenters. The van der Waals surface area contributed by atoms with Gasteiger partial charge in [0.15, 0.2) is 0 Å². The number of benzene rings is 2. The predicted molar refractivity (Wildman–Crippen MR) is 102 cm³/mol. The number of aryl methyl sites for hydroxylation is 1. The van der Waals surface area contributed by atoms with Crippen molar-refractivity contribution in [3.8, 4) is 0 Å². The third-order valence-corrected chi connectivity index (χ3v) is 6.09. The largest absolute Gasteiger partial charge is 0.395 e. The number of hydrogen-bond donors (Lipinski definition) is 1. The van der Waals surface area contributed by atoms with E-state index in [1.807, 2.05) is 37.3 Å². The molecule has 0 saturated carbocycles. The van der Waals surface area contributed by atoms with Gasteiger partial charge in [-0.2, -0.15) is 4.31 Å². The quantitative estimate of drug-likeness (QED) is 0.521. The molecule has 0 aliphatic heterocycles. The third-order valence-electron chi connectivity index (χ3n) is 3.91. The first kappa shape index (κ1) is 20.9. The van der Waals surface area contributed by atoms with Crippen LogP contribution in [0, 0.1) is 6.92 Å². The predicted octanol–water partition coefficient (Wildman–Crippen LogP) is 3.15. The van der Waals surface area contributed by atoms with E-state index in [1.165, 1.54) is 4.31 Å². The molecule has 0 saturated heterocycles. The zero-order chi connectivity index (χ0) is 19.2. The van der Waals surface area contributed by atoms with Gasteiger partial charge in [0.2, 0.25) is 10.0 Å². The molecule has 0 aliphatic carbocycles. The average Bonchev–Trinajstić information content (AvgIpc) is 2.65. The second-order valence-corrected chi connectivity index (χ2v) is 8.34. The Hall–Kier alpha value is -1.44. The fourth-order valence-electron chi connectivity index (χ4n) is 2.55. The highest BCUT2D eigenvalue weighted by atomic mass is 35.5. The van der Waals surface area contributed by atoms with Crippen molar-refractivity contribution in [2.75, 3.05) is 13.2 Å². The van der Waals surface area contributed by atoms with Gasteiger partial charge in [0.1, 0.15) is 6.23 Å². The maximum absolute atomic E-state index is 13.3. The van der Waals surface area contributed by atoms with Crippen LogP contribution in [0.3, 0.4) is 0 Å². The molecule has 2 rings (SSSR count). The molecule has 7 heteroatoms. The van der Waals surface area contributed by atoms with Crippen molar-refractivity contribution in [3.63, 3.8) is 0 Å². The lowest BCUT2D eigenvalue weighted by molar-refractivity contribution is -0.0267. The van der Waals surface area contributed by atoms with Crippen LogP contribution in [0.1, 0.15) is 18.1 Å². The van der Waals surface area contributed by atoms with Gasteiger partial charge in [-0.25, -0.2) is 8.42 Å². The van der Waals surface area contributed by atoms with E-state index in [2.05, 4.69) is 0 Å². The minimum absolute atomic E-state index is 0.0882. The lowest BCUT2D eigenvalue weighted by atomic mass is 10.2. The molecule has 26 heavy (non-hydrogen) atoms. The van der Waals surface area contributed by atoms with Gasteiger partial charge in [0, 0.05) is 13.2 Å². The summed E-state index contributed by atoms with van der Waals surface area (Å²) in [5.41, 5.74) is 1.76. The second kappa shape index (κ2) is 9.48. The number of hydrogen-bond acceptors (Lipinski definition) is 4. The summed E-state index contributed by atoms with van der Waals surface area (Å²) in [4.78, 5) is 0.158. The number of sulfonamides is 1. The number of alkyl halides is 1. The van der Waals surface area contributed by atoms with Crippen LogP contribution in [0.2, 0.25) is 0 Å². The van der Waals surface area contributed by atoms with Crippen LogP contribution in [0.5, 0.6) is 0 Å². The molecule has 142 valence electrons. The Balaban J connectivity index is 2.48. The molecule has 0 aliphatic rings. The molecular formula is C19H24ClNO4S. The van der Waals surface area contributed by atoms with Gasteiger partial charge in [0.25, 0.3) is 0 Å². The van der Waals surface area contributed by atoms with Crippen molar-refractivity contribution in [2.24, 2.45) is 0 Å². The van der Waals surface area contributed by atoms with Gasteiger partial charge in [-0.3, -0.25) is 0 Å². The summed E-state index contributed by atoms with van der Waals surface area (Å²) in [7, 11) is -3.88. The van der Waals surface area contributed by atoms with Crippen LogP contribution < -0.4 is 0 Å². The summed E-state index contributed by atoms with van der Waals surface area (Å²) in [5, 5.41) is 8.60. The highest BCUT2D eigenvalue weighted by Gasteiger charge is 2.36. The Morgan fingerprint density at radius 2 is 1.73 bits per heavy atom. The second-order valence-electron chi connectivity index (χ2n) is 5.89. The van der Waals surface area contributed by atoms with Gasteiger partial charge in [-0.1, -0.05) is 48.0 Å². The normalized spacial score (nSPS) is 14.3. The van der Waals surface area contributed by atoms with E-state index < -0.39 is 28.2 Å². The third kappa shape index (κ3) is 5.05. The highest BCUT2D eigenvalue weighted by Crippen LogP contribution is 2.25. The number of halogens is 1. The lowest BCUT2D eigenvalue weighted by Gasteiger charge is -2.33. The minimum atomic E-state index is -3.88. The standard InChI is InChI=1S/C19H24ClNO4S/c1-3-25-19(18(20)14-22)21(13-16-7-5-4-6-8-16)26(23,24)17-11-9-15(2)10-12-17/h4-12,18-19,22H,3,13-14H2,1-2H3/t18-,19-/m1/s1. The SMILES string of the molecule is CCO[C@H]([C@H](Cl)CO)N(Cc1ccccc1)S(=O)(=O)c1ccc(C)cc1. The van der Waals surface area contributed by atoms with Crippen molar-refractivity contribution in [1.82, 2.24) is 4.31 Å². The first-order valence-electron chi connectivity index (χ1n) is 8.39. The smallest absolute Gasteiger partial charge is 0.245 e.